The van der Waals surface area contributed by atoms with Crippen LogP contribution >= 0.6 is 22.6 Å². The number of fused-ring (bicyclic) bond motifs is 2. The zero-order valence-electron chi connectivity index (χ0n) is 26.8. The first kappa shape index (κ1) is 32.6. The standard InChI is InChI=1S/C36H41IN4O4Si/c1-6-19-41-32-17-12-26(37)21-30(32)36(35(41)43)24(2)34(46(4,5)28-15-13-27(44-3)14-16-28)33(45-36)18-20-40-22-31(38-39-40)29(23-42)25-10-8-7-9-11-25/h6-17,21-22,24,29,33-34,42H,1,18-20,23H2,2-5H3/t24-,29?,33+,34-,36+/m0/s1. The molecule has 3 heterocycles. The first-order chi connectivity index (χ1) is 22.1. The molecule has 240 valence electrons. The SMILES string of the molecule is C=CCN1C(=O)[C@]2(O[C@H](CCn3cc(C(CO)c4ccccc4)nn3)[C@@H]([Si](C)(C)c3ccc(OC)cc3)[C@@H]2C)c2cc(I)ccc21. The summed E-state index contributed by atoms with van der Waals surface area (Å²) >= 11 is 2.32. The number of amides is 1. The molecule has 5 atom stereocenters. The predicted octanol–water partition coefficient (Wildman–Crippen LogP) is 5.85. The number of aliphatic hydroxyl groups is 1. The van der Waals surface area contributed by atoms with E-state index in [1.54, 1.807) is 13.2 Å². The number of methoxy groups -OCH3 is 1. The van der Waals surface area contributed by atoms with Gasteiger partial charge in [-0.15, -0.1) is 11.7 Å². The Hall–Kier alpha value is -3.32. The fourth-order valence-electron chi connectivity index (χ4n) is 7.76. The number of hydrogen-bond acceptors (Lipinski definition) is 6. The van der Waals surface area contributed by atoms with E-state index in [4.69, 9.17) is 9.47 Å². The highest BCUT2D eigenvalue weighted by Crippen LogP contribution is 2.60. The van der Waals surface area contributed by atoms with Gasteiger partial charge in [0.15, 0.2) is 5.60 Å². The third-order valence-corrected chi connectivity index (χ3v) is 15.1. The molecule has 10 heteroatoms. The quantitative estimate of drug-likeness (QED) is 0.118. The van der Waals surface area contributed by atoms with Crippen LogP contribution in [0.15, 0.2) is 91.6 Å². The minimum absolute atomic E-state index is 0.0133. The topological polar surface area (TPSA) is 89.7 Å². The van der Waals surface area contributed by atoms with Crippen LogP contribution in [0.3, 0.4) is 0 Å². The van der Waals surface area contributed by atoms with Gasteiger partial charge in [0.05, 0.1) is 45.2 Å². The van der Waals surface area contributed by atoms with E-state index in [0.717, 1.165) is 31.8 Å². The minimum Gasteiger partial charge on any atom is -0.497 e. The van der Waals surface area contributed by atoms with Crippen LogP contribution in [-0.2, 0) is 21.7 Å². The Morgan fingerprint density at radius 3 is 2.57 bits per heavy atom. The van der Waals surface area contributed by atoms with E-state index in [9.17, 15) is 9.90 Å². The van der Waals surface area contributed by atoms with Crippen molar-refractivity contribution in [2.45, 2.75) is 56.1 Å². The molecule has 0 radical (unpaired) electrons. The Morgan fingerprint density at radius 1 is 1.15 bits per heavy atom. The maximum Gasteiger partial charge on any atom is 0.264 e. The zero-order valence-corrected chi connectivity index (χ0v) is 29.9. The van der Waals surface area contributed by atoms with Crippen molar-refractivity contribution >= 4 is 47.4 Å². The van der Waals surface area contributed by atoms with Crippen molar-refractivity contribution in [3.05, 3.63) is 112 Å². The van der Waals surface area contributed by atoms with Crippen molar-refractivity contribution in [3.63, 3.8) is 0 Å². The third-order valence-electron chi connectivity index (χ3n) is 10.0. The lowest BCUT2D eigenvalue weighted by Gasteiger charge is -2.37. The first-order valence-electron chi connectivity index (χ1n) is 15.8. The minimum atomic E-state index is -2.26. The van der Waals surface area contributed by atoms with Crippen molar-refractivity contribution in [2.24, 2.45) is 5.92 Å². The number of halogens is 1. The molecular weight excluding hydrogens is 707 g/mol. The van der Waals surface area contributed by atoms with E-state index in [0.29, 0.717) is 19.5 Å². The summed E-state index contributed by atoms with van der Waals surface area (Å²) < 4.78 is 15.6. The smallest absolute Gasteiger partial charge is 0.264 e. The molecule has 1 fully saturated rings. The maximum absolute atomic E-state index is 14.6. The summed E-state index contributed by atoms with van der Waals surface area (Å²) in [5.41, 5.74) is 2.60. The molecule has 2 aliphatic rings. The second kappa shape index (κ2) is 13.1. The molecule has 2 aliphatic heterocycles. The Bertz CT molecular complexity index is 1710. The predicted molar refractivity (Wildman–Crippen MR) is 191 cm³/mol. The molecule has 0 saturated carbocycles. The van der Waals surface area contributed by atoms with Crippen LogP contribution in [0.25, 0.3) is 0 Å². The number of aliphatic hydroxyl groups excluding tert-OH is 1. The van der Waals surface area contributed by atoms with Crippen LogP contribution in [0.2, 0.25) is 18.6 Å². The van der Waals surface area contributed by atoms with E-state index < -0.39 is 13.7 Å². The van der Waals surface area contributed by atoms with Gasteiger partial charge < -0.3 is 19.5 Å². The van der Waals surface area contributed by atoms with Gasteiger partial charge in [-0.05, 0) is 70.4 Å². The largest absolute Gasteiger partial charge is 0.497 e. The Labute approximate surface area is 285 Å². The summed E-state index contributed by atoms with van der Waals surface area (Å²) in [5, 5.41) is 20.4. The molecule has 1 saturated heterocycles. The molecule has 1 aromatic heterocycles. The number of anilines is 1. The summed E-state index contributed by atoms with van der Waals surface area (Å²) in [7, 11) is -0.577. The number of aryl methyl sites for hydroxylation is 1. The molecule has 3 aromatic carbocycles. The van der Waals surface area contributed by atoms with Gasteiger partial charge in [0.2, 0.25) is 0 Å². The summed E-state index contributed by atoms with van der Waals surface area (Å²) in [6, 6.07) is 24.5. The molecule has 1 amide bonds. The summed E-state index contributed by atoms with van der Waals surface area (Å²) in [6.45, 7) is 11.9. The second-order valence-corrected chi connectivity index (χ2v) is 18.8. The van der Waals surface area contributed by atoms with Crippen molar-refractivity contribution < 1.29 is 19.4 Å². The lowest BCUT2D eigenvalue weighted by Crippen LogP contribution is -2.51. The van der Waals surface area contributed by atoms with Gasteiger partial charge in [0.1, 0.15) is 5.75 Å². The van der Waals surface area contributed by atoms with Crippen LogP contribution in [0.1, 0.15) is 36.1 Å². The molecule has 1 N–H and O–H groups in total. The lowest BCUT2D eigenvalue weighted by molar-refractivity contribution is -0.145. The molecular formula is C36H41IN4O4Si. The second-order valence-electron chi connectivity index (χ2n) is 12.9. The van der Waals surface area contributed by atoms with Crippen molar-refractivity contribution in [2.75, 3.05) is 25.2 Å². The number of nitrogens with zero attached hydrogens (tertiary/aromatic N) is 4. The van der Waals surface area contributed by atoms with Gasteiger partial charge in [-0.25, -0.2) is 0 Å². The van der Waals surface area contributed by atoms with E-state index in [1.807, 2.05) is 70.4 Å². The highest BCUT2D eigenvalue weighted by atomic mass is 127. The van der Waals surface area contributed by atoms with Gasteiger partial charge in [-0.1, -0.05) is 79.0 Å². The van der Waals surface area contributed by atoms with Gasteiger partial charge >= 0.3 is 0 Å². The van der Waals surface area contributed by atoms with Gasteiger partial charge in [0, 0.05) is 34.3 Å². The number of carbonyl (C=O) groups is 1. The Kier molecular flexibility index (Phi) is 9.26. The van der Waals surface area contributed by atoms with E-state index in [2.05, 4.69) is 77.7 Å². The van der Waals surface area contributed by atoms with Crippen molar-refractivity contribution in [1.29, 1.82) is 0 Å². The number of carbonyl (C=O) groups excluding carboxylic acids is 1. The van der Waals surface area contributed by atoms with E-state index >= 15 is 0 Å². The zero-order chi connectivity index (χ0) is 32.6. The lowest BCUT2D eigenvalue weighted by atomic mass is 9.82. The number of hydrogen-bond donors (Lipinski definition) is 1. The molecule has 8 nitrogen and oxygen atoms in total. The van der Waals surface area contributed by atoms with Crippen LogP contribution in [0, 0.1) is 9.49 Å². The van der Waals surface area contributed by atoms with Gasteiger partial charge in [-0.2, -0.15) is 0 Å². The van der Waals surface area contributed by atoms with Crippen LogP contribution in [0.5, 0.6) is 5.75 Å². The summed E-state index contributed by atoms with van der Waals surface area (Å²) in [4.78, 5) is 16.4. The maximum atomic E-state index is 14.6. The van der Waals surface area contributed by atoms with Gasteiger partial charge in [-0.3, -0.25) is 9.48 Å². The number of rotatable bonds is 11. The Morgan fingerprint density at radius 2 is 1.89 bits per heavy atom. The van der Waals surface area contributed by atoms with Crippen molar-refractivity contribution in [3.8, 4) is 5.75 Å². The molecule has 46 heavy (non-hydrogen) atoms. The average molecular weight is 749 g/mol. The number of benzene rings is 3. The normalized spacial score (nSPS) is 23.1. The van der Waals surface area contributed by atoms with Gasteiger partial charge in [0.25, 0.3) is 5.91 Å². The molecule has 1 unspecified atom stereocenters. The summed E-state index contributed by atoms with van der Waals surface area (Å²) in [6.07, 6.45) is 4.16. The Balaban J connectivity index is 1.37. The van der Waals surface area contributed by atoms with Crippen LogP contribution < -0.4 is 14.8 Å². The first-order valence-corrected chi connectivity index (χ1v) is 19.9. The van der Waals surface area contributed by atoms with E-state index in [-0.39, 0.29) is 36.0 Å². The third kappa shape index (κ3) is 5.52. The fraction of sp³-hybridized carbons (Fsp3) is 0.361. The number of ether oxygens (including phenoxy) is 2. The van der Waals surface area contributed by atoms with Crippen LogP contribution in [0.4, 0.5) is 5.69 Å². The fourth-order valence-corrected chi connectivity index (χ4v) is 12.3. The highest BCUT2D eigenvalue weighted by molar-refractivity contribution is 14.1. The average Bonchev–Trinajstić information content (AvgIpc) is 3.71. The summed E-state index contributed by atoms with van der Waals surface area (Å²) in [5.74, 6) is 0.482. The van der Waals surface area contributed by atoms with Crippen molar-refractivity contribution in [1.82, 2.24) is 15.0 Å². The molecule has 6 rings (SSSR count). The van der Waals surface area contributed by atoms with E-state index in [1.165, 1.54) is 5.19 Å². The highest BCUT2D eigenvalue weighted by Gasteiger charge is 2.66. The molecule has 1 spiro atoms. The van der Waals surface area contributed by atoms with Crippen LogP contribution in [-0.4, -0.2) is 60.4 Å². The monoisotopic (exact) mass is 748 g/mol. The molecule has 4 aromatic rings. The molecule has 0 aliphatic carbocycles. The molecule has 0 bridgehead atoms. The number of aromatic nitrogens is 3.